The van der Waals surface area contributed by atoms with Crippen molar-refractivity contribution >= 4 is 21.6 Å². The van der Waals surface area contributed by atoms with Gasteiger partial charge in [-0.15, -0.1) is 0 Å². The Morgan fingerprint density at radius 2 is 1.55 bits per heavy atom. The van der Waals surface area contributed by atoms with Gasteiger partial charge in [-0.2, -0.15) is 9.40 Å². The first kappa shape index (κ1) is 21.3. The monoisotopic (exact) mass is 438 g/mol. The number of hydrogen-bond donors (Lipinski definition) is 1. The molecule has 2 aromatic carbocycles. The average Bonchev–Trinajstić information content (AvgIpc) is 3.08. The lowest BCUT2D eigenvalue weighted by atomic mass is 9.97. The quantitative estimate of drug-likeness (QED) is 0.661. The number of nitrogens with one attached hydrogen (secondary N) is 1. The summed E-state index contributed by atoms with van der Waals surface area (Å²) in [6.07, 6.45) is 0.978. The van der Waals surface area contributed by atoms with Crippen molar-refractivity contribution in [3.63, 3.8) is 0 Å². The first-order valence-electron chi connectivity index (χ1n) is 10.4. The van der Waals surface area contributed by atoms with Crippen LogP contribution in [0.5, 0.6) is 0 Å². The molecule has 1 N–H and O–H groups in total. The van der Waals surface area contributed by atoms with Gasteiger partial charge in [-0.3, -0.25) is 4.79 Å². The molecule has 0 spiro atoms. The minimum Gasteiger partial charge on any atom is -0.323 e. The van der Waals surface area contributed by atoms with Gasteiger partial charge in [-0.05, 0) is 51.0 Å². The van der Waals surface area contributed by atoms with E-state index in [0.29, 0.717) is 31.6 Å². The Morgan fingerprint density at radius 3 is 2.16 bits per heavy atom. The van der Waals surface area contributed by atoms with Gasteiger partial charge in [-0.25, -0.2) is 13.1 Å². The number of anilines is 1. The topological polar surface area (TPSA) is 84.3 Å². The molecule has 1 saturated heterocycles. The van der Waals surface area contributed by atoms with Gasteiger partial charge in [0.2, 0.25) is 15.9 Å². The highest BCUT2D eigenvalue weighted by Gasteiger charge is 2.32. The van der Waals surface area contributed by atoms with Crippen molar-refractivity contribution in [1.29, 1.82) is 0 Å². The van der Waals surface area contributed by atoms with Gasteiger partial charge in [0.05, 0.1) is 27.7 Å². The van der Waals surface area contributed by atoms with Gasteiger partial charge in [0.1, 0.15) is 0 Å². The Labute approximate surface area is 182 Å². The normalized spacial score (nSPS) is 15.7. The van der Waals surface area contributed by atoms with E-state index in [0.717, 1.165) is 17.1 Å². The van der Waals surface area contributed by atoms with Crippen molar-refractivity contribution in [2.75, 3.05) is 18.4 Å². The number of carbonyl (C=O) groups excluding carboxylic acids is 1. The Kier molecular flexibility index (Phi) is 5.93. The summed E-state index contributed by atoms with van der Waals surface area (Å²) in [5.74, 6) is -0.323. The molecule has 162 valence electrons. The molecule has 4 rings (SSSR count). The zero-order chi connectivity index (χ0) is 22.0. The number of carbonyl (C=O) groups is 1. The van der Waals surface area contributed by atoms with Crippen LogP contribution in [0.3, 0.4) is 0 Å². The van der Waals surface area contributed by atoms with Gasteiger partial charge in [0, 0.05) is 19.0 Å². The molecule has 1 aromatic heterocycles. The summed E-state index contributed by atoms with van der Waals surface area (Å²) in [7, 11) is -3.52. The average molecular weight is 439 g/mol. The van der Waals surface area contributed by atoms with Crippen LogP contribution in [-0.2, 0) is 14.8 Å². The molecular weight excluding hydrogens is 412 g/mol. The highest BCUT2D eigenvalue weighted by molar-refractivity contribution is 7.89. The lowest BCUT2D eigenvalue weighted by Crippen LogP contribution is -2.41. The highest BCUT2D eigenvalue weighted by atomic mass is 32.2. The number of aryl methyl sites for hydroxylation is 1. The van der Waals surface area contributed by atoms with Gasteiger partial charge in [0.25, 0.3) is 0 Å². The third kappa shape index (κ3) is 4.26. The van der Waals surface area contributed by atoms with Crippen LogP contribution in [0, 0.1) is 19.8 Å². The fourth-order valence-electron chi connectivity index (χ4n) is 3.97. The fourth-order valence-corrected chi connectivity index (χ4v) is 5.46. The molecule has 0 radical (unpaired) electrons. The number of sulfonamides is 1. The summed E-state index contributed by atoms with van der Waals surface area (Å²) in [5, 5.41) is 7.60. The van der Waals surface area contributed by atoms with E-state index >= 15 is 0 Å². The second-order valence-electron chi connectivity index (χ2n) is 7.77. The molecule has 0 bridgehead atoms. The fraction of sp³-hybridized carbons (Fsp3) is 0.304. The van der Waals surface area contributed by atoms with Crippen LogP contribution in [0.2, 0.25) is 0 Å². The molecule has 1 amide bonds. The van der Waals surface area contributed by atoms with E-state index in [4.69, 9.17) is 0 Å². The lowest BCUT2D eigenvalue weighted by molar-refractivity contribution is -0.120. The molecule has 0 saturated carbocycles. The van der Waals surface area contributed by atoms with Crippen LogP contribution in [0.15, 0.2) is 65.6 Å². The van der Waals surface area contributed by atoms with Crippen LogP contribution in [-0.4, -0.2) is 41.5 Å². The van der Waals surface area contributed by atoms with Crippen molar-refractivity contribution in [3.8, 4) is 5.69 Å². The summed E-state index contributed by atoms with van der Waals surface area (Å²) in [6.45, 7) is 4.46. The van der Waals surface area contributed by atoms with Crippen LogP contribution in [0.25, 0.3) is 5.69 Å². The smallest absolute Gasteiger partial charge is 0.243 e. The maximum absolute atomic E-state index is 12.9. The minimum absolute atomic E-state index is 0.0874. The Hall–Kier alpha value is -2.97. The lowest BCUT2D eigenvalue weighted by Gasteiger charge is -2.30. The Balaban J connectivity index is 1.43. The predicted octanol–water partition coefficient (Wildman–Crippen LogP) is 3.53. The van der Waals surface area contributed by atoms with E-state index in [9.17, 15) is 13.2 Å². The number of hydrogen-bond acceptors (Lipinski definition) is 4. The van der Waals surface area contributed by atoms with E-state index < -0.39 is 10.0 Å². The van der Waals surface area contributed by atoms with Gasteiger partial charge in [-0.1, -0.05) is 36.4 Å². The second-order valence-corrected chi connectivity index (χ2v) is 9.71. The molecule has 3 aromatic rings. The van der Waals surface area contributed by atoms with Crippen LogP contribution < -0.4 is 5.32 Å². The van der Waals surface area contributed by atoms with Crippen molar-refractivity contribution in [2.45, 2.75) is 31.6 Å². The van der Waals surface area contributed by atoms with Gasteiger partial charge in [0.15, 0.2) is 0 Å². The van der Waals surface area contributed by atoms with E-state index in [2.05, 4.69) is 10.4 Å². The van der Waals surface area contributed by atoms with Crippen LogP contribution in [0.1, 0.15) is 24.2 Å². The number of benzene rings is 2. The van der Waals surface area contributed by atoms with Crippen molar-refractivity contribution in [1.82, 2.24) is 14.1 Å². The number of para-hydroxylation sites is 1. The molecule has 8 heteroatoms. The van der Waals surface area contributed by atoms with E-state index in [1.165, 1.54) is 4.31 Å². The maximum atomic E-state index is 12.9. The molecule has 0 aliphatic carbocycles. The van der Waals surface area contributed by atoms with Gasteiger partial charge >= 0.3 is 0 Å². The zero-order valence-electron chi connectivity index (χ0n) is 17.7. The standard InChI is InChI=1S/C23H26N4O3S/c1-17-22(18(2)27(25-17)20-9-5-3-6-10-20)24-23(28)19-13-15-26(16-14-19)31(29,30)21-11-7-4-8-12-21/h3-12,19H,13-16H2,1-2H3,(H,24,28). The molecule has 31 heavy (non-hydrogen) atoms. The number of rotatable bonds is 5. The third-order valence-corrected chi connectivity index (χ3v) is 7.66. The van der Waals surface area contributed by atoms with E-state index in [-0.39, 0.29) is 16.7 Å². The molecule has 1 aliphatic rings. The maximum Gasteiger partial charge on any atom is 0.243 e. The number of piperidine rings is 1. The van der Waals surface area contributed by atoms with Crippen molar-refractivity contribution in [2.24, 2.45) is 5.92 Å². The largest absolute Gasteiger partial charge is 0.323 e. The first-order valence-corrected chi connectivity index (χ1v) is 11.8. The van der Waals surface area contributed by atoms with Crippen LogP contribution in [0.4, 0.5) is 5.69 Å². The first-order chi connectivity index (χ1) is 14.9. The summed E-state index contributed by atoms with van der Waals surface area (Å²) in [4.78, 5) is 13.2. The van der Waals surface area contributed by atoms with Crippen LogP contribution >= 0.6 is 0 Å². The molecule has 0 atom stereocenters. The number of aromatic nitrogens is 2. The summed E-state index contributed by atoms with van der Waals surface area (Å²) in [5.41, 5.74) is 3.26. The number of nitrogens with zero attached hydrogens (tertiary/aromatic N) is 3. The molecule has 0 unspecified atom stereocenters. The molecule has 1 aliphatic heterocycles. The predicted molar refractivity (Wildman–Crippen MR) is 120 cm³/mol. The Bertz CT molecular complexity index is 1170. The molecular formula is C23H26N4O3S. The van der Waals surface area contributed by atoms with Crippen molar-refractivity contribution in [3.05, 3.63) is 72.1 Å². The van der Waals surface area contributed by atoms with Gasteiger partial charge < -0.3 is 5.32 Å². The summed E-state index contributed by atoms with van der Waals surface area (Å²) >= 11 is 0. The highest BCUT2D eigenvalue weighted by Crippen LogP contribution is 2.27. The zero-order valence-corrected chi connectivity index (χ0v) is 18.5. The molecule has 1 fully saturated rings. The SMILES string of the molecule is Cc1nn(-c2ccccc2)c(C)c1NC(=O)C1CCN(S(=O)(=O)c2ccccc2)CC1. The van der Waals surface area contributed by atoms with E-state index in [1.54, 1.807) is 30.3 Å². The number of amides is 1. The summed E-state index contributed by atoms with van der Waals surface area (Å²) < 4.78 is 28.9. The minimum atomic E-state index is -3.52. The third-order valence-electron chi connectivity index (χ3n) is 5.75. The second kappa shape index (κ2) is 8.64. The molecule has 7 nitrogen and oxygen atoms in total. The Morgan fingerprint density at radius 1 is 0.968 bits per heavy atom. The summed E-state index contributed by atoms with van der Waals surface area (Å²) in [6, 6.07) is 18.2. The van der Waals surface area contributed by atoms with E-state index in [1.807, 2.05) is 48.9 Å². The van der Waals surface area contributed by atoms with Crippen molar-refractivity contribution < 1.29 is 13.2 Å². The molecule has 2 heterocycles.